The van der Waals surface area contributed by atoms with Gasteiger partial charge in [-0.05, 0) is 155 Å². The highest BCUT2D eigenvalue weighted by Gasteiger charge is 2.40. The van der Waals surface area contributed by atoms with Crippen LogP contribution in [0.2, 0.25) is 0 Å². The maximum Gasteiger partial charge on any atom is 0.266 e. The van der Waals surface area contributed by atoms with Gasteiger partial charge in [-0.15, -0.1) is 0 Å². The summed E-state index contributed by atoms with van der Waals surface area (Å²) in [5, 5.41) is 0. The standard InChI is InChI=1S/C69H50N2O4/c1-41-6-16-46(17-7-41)52-28-34-58-61(38-52)68(74)70(66(58)72)55-31-26-48(27-32-55)56-33-30-54(40-60(56)49-20-10-43(3)11-21-49)57-36-37-63(65(51-24-14-45(5)15-25-51)64(57)50-22-12-44(4)13-23-50)71-67(73)59-35-29-53(39-62(59)69(71)75)47-18-8-42(2)9-19-47/h6-40H,1-5H3. The van der Waals surface area contributed by atoms with Gasteiger partial charge in [0.05, 0.1) is 33.6 Å². The number of hydrogen-bond acceptors (Lipinski definition) is 4. The smallest absolute Gasteiger partial charge is 0.266 e. The zero-order valence-electron chi connectivity index (χ0n) is 42.2. The first-order valence-electron chi connectivity index (χ1n) is 25.2. The summed E-state index contributed by atoms with van der Waals surface area (Å²) in [6, 6.07) is 70.5. The Bertz CT molecular complexity index is 3970. The molecule has 6 nitrogen and oxygen atoms in total. The van der Waals surface area contributed by atoms with Gasteiger partial charge in [-0.2, -0.15) is 0 Å². The summed E-state index contributed by atoms with van der Waals surface area (Å²) >= 11 is 0. The highest BCUT2D eigenvalue weighted by molar-refractivity contribution is 6.36. The molecule has 75 heavy (non-hydrogen) atoms. The molecular weight excluding hydrogens is 921 g/mol. The van der Waals surface area contributed by atoms with Crippen LogP contribution in [0.5, 0.6) is 0 Å². The van der Waals surface area contributed by atoms with Crippen molar-refractivity contribution in [2.24, 2.45) is 0 Å². The van der Waals surface area contributed by atoms with Crippen LogP contribution in [0, 0.1) is 34.6 Å². The van der Waals surface area contributed by atoms with Crippen molar-refractivity contribution in [2.45, 2.75) is 34.6 Å². The van der Waals surface area contributed by atoms with Gasteiger partial charge in [-0.3, -0.25) is 19.2 Å². The van der Waals surface area contributed by atoms with Gasteiger partial charge in [-0.1, -0.05) is 192 Å². The van der Waals surface area contributed by atoms with Crippen molar-refractivity contribution in [3.8, 4) is 77.9 Å². The van der Waals surface area contributed by atoms with Crippen LogP contribution in [0.15, 0.2) is 212 Å². The predicted octanol–water partition coefficient (Wildman–Crippen LogP) is 16.5. The summed E-state index contributed by atoms with van der Waals surface area (Å²) in [7, 11) is 0. The number of anilines is 2. The minimum absolute atomic E-state index is 0.349. The molecular formula is C69H50N2O4. The summed E-state index contributed by atoms with van der Waals surface area (Å²) in [5.74, 6) is -1.43. The van der Waals surface area contributed by atoms with E-state index in [1.54, 1.807) is 12.1 Å². The summed E-state index contributed by atoms with van der Waals surface area (Å²) in [6.07, 6.45) is 0. The van der Waals surface area contributed by atoms with Crippen LogP contribution >= 0.6 is 0 Å². The van der Waals surface area contributed by atoms with Gasteiger partial charge in [0.2, 0.25) is 0 Å². The maximum atomic E-state index is 14.8. The van der Waals surface area contributed by atoms with Crippen LogP contribution < -0.4 is 9.80 Å². The second-order valence-corrected chi connectivity index (χ2v) is 19.9. The van der Waals surface area contributed by atoms with E-state index in [0.717, 1.165) is 106 Å². The summed E-state index contributed by atoms with van der Waals surface area (Å²) in [5.41, 5.74) is 20.9. The molecule has 2 heterocycles. The molecule has 0 aromatic heterocycles. The lowest BCUT2D eigenvalue weighted by molar-refractivity contribution is 0.0910. The number of aryl methyl sites for hydroxylation is 5. The Balaban J connectivity index is 0.975. The Labute approximate surface area is 436 Å². The second-order valence-electron chi connectivity index (χ2n) is 19.9. The number of amides is 4. The Morgan fingerprint density at radius 2 is 0.547 bits per heavy atom. The molecule has 6 heteroatoms. The number of imide groups is 2. The number of carbonyl (C=O) groups excluding carboxylic acids is 4. The Morgan fingerprint density at radius 1 is 0.227 bits per heavy atom. The van der Waals surface area contributed by atoms with E-state index < -0.39 is 0 Å². The fourth-order valence-electron chi connectivity index (χ4n) is 10.6. The van der Waals surface area contributed by atoms with Gasteiger partial charge < -0.3 is 0 Å². The average molecular weight is 971 g/mol. The Hall–Kier alpha value is -9.52. The van der Waals surface area contributed by atoms with Crippen molar-refractivity contribution in [3.63, 3.8) is 0 Å². The fraction of sp³-hybridized carbons (Fsp3) is 0.0725. The van der Waals surface area contributed by atoms with E-state index in [-0.39, 0.29) is 23.6 Å². The topological polar surface area (TPSA) is 74.8 Å². The number of hydrogen-bond donors (Lipinski definition) is 0. The van der Waals surface area contributed by atoms with Crippen LogP contribution in [0.1, 0.15) is 69.2 Å². The number of rotatable bonds is 9. The molecule has 4 amide bonds. The lowest BCUT2D eigenvalue weighted by Crippen LogP contribution is -2.30. The van der Waals surface area contributed by atoms with Gasteiger partial charge in [0.1, 0.15) is 0 Å². The van der Waals surface area contributed by atoms with Crippen molar-refractivity contribution < 1.29 is 19.2 Å². The van der Waals surface area contributed by atoms with Crippen molar-refractivity contribution >= 4 is 35.0 Å². The van der Waals surface area contributed by atoms with Crippen LogP contribution in [-0.4, -0.2) is 23.6 Å². The number of benzene rings is 10. The zero-order valence-corrected chi connectivity index (χ0v) is 42.2. The maximum absolute atomic E-state index is 14.8. The molecule has 0 unspecified atom stereocenters. The van der Waals surface area contributed by atoms with Gasteiger partial charge in [0.25, 0.3) is 23.6 Å². The van der Waals surface area contributed by atoms with Crippen molar-refractivity contribution in [1.29, 1.82) is 0 Å². The molecule has 0 aliphatic carbocycles. The van der Waals surface area contributed by atoms with Gasteiger partial charge in [0.15, 0.2) is 0 Å². The highest BCUT2D eigenvalue weighted by Crippen LogP contribution is 2.49. The van der Waals surface area contributed by atoms with E-state index in [0.29, 0.717) is 33.6 Å². The minimum Gasteiger partial charge on any atom is -0.268 e. The summed E-state index contributed by atoms with van der Waals surface area (Å²) < 4.78 is 0. The van der Waals surface area contributed by atoms with Crippen LogP contribution in [0.3, 0.4) is 0 Å². The lowest BCUT2D eigenvalue weighted by Gasteiger charge is -2.25. The van der Waals surface area contributed by atoms with Gasteiger partial charge >= 0.3 is 0 Å². The van der Waals surface area contributed by atoms with Gasteiger partial charge in [-0.25, -0.2) is 9.80 Å². The van der Waals surface area contributed by atoms with Crippen molar-refractivity contribution in [1.82, 2.24) is 0 Å². The molecule has 10 aromatic carbocycles. The normalized spacial score (nSPS) is 12.9. The van der Waals surface area contributed by atoms with Crippen LogP contribution in [-0.2, 0) is 0 Å². The average Bonchev–Trinajstić information content (AvgIpc) is 3.84. The first-order valence-corrected chi connectivity index (χ1v) is 25.2. The number of nitrogens with zero attached hydrogens (tertiary/aromatic N) is 2. The SMILES string of the molecule is Cc1ccc(-c2ccc3c(c2)C(=O)N(c2ccc(-c4ccc(-c5ccc(N6C(=O)c7ccc(-c8ccc(C)cc8)cc7C6=O)c(-c6ccc(C)cc6)c5-c5ccc(C)cc5)cc4-c4ccc(C)cc4)cc2)C3=O)cc1. The molecule has 12 rings (SSSR count). The molecule has 2 aliphatic rings. The van der Waals surface area contributed by atoms with Crippen LogP contribution in [0.25, 0.3) is 77.9 Å². The fourth-order valence-corrected chi connectivity index (χ4v) is 10.6. The summed E-state index contributed by atoms with van der Waals surface area (Å²) in [4.78, 5) is 60.1. The third-order valence-corrected chi connectivity index (χ3v) is 14.8. The molecule has 0 saturated carbocycles. The second kappa shape index (κ2) is 18.5. The van der Waals surface area contributed by atoms with Crippen molar-refractivity contribution in [3.05, 3.63) is 262 Å². The lowest BCUT2D eigenvalue weighted by atomic mass is 9.84. The molecule has 0 bridgehead atoms. The van der Waals surface area contributed by atoms with E-state index in [1.807, 2.05) is 130 Å². The Kier molecular flexibility index (Phi) is 11.5. The Morgan fingerprint density at radius 3 is 1.04 bits per heavy atom. The quantitative estimate of drug-likeness (QED) is 0.135. The molecule has 0 radical (unpaired) electrons. The van der Waals surface area contributed by atoms with Crippen molar-refractivity contribution in [2.75, 3.05) is 9.80 Å². The van der Waals surface area contributed by atoms with E-state index in [9.17, 15) is 19.2 Å². The molecule has 0 spiro atoms. The molecule has 0 N–H and O–H groups in total. The summed E-state index contributed by atoms with van der Waals surface area (Å²) in [6.45, 7) is 10.3. The minimum atomic E-state index is -0.368. The predicted molar refractivity (Wildman–Crippen MR) is 303 cm³/mol. The monoisotopic (exact) mass is 970 g/mol. The van der Waals surface area contributed by atoms with E-state index in [2.05, 4.69) is 105 Å². The first kappa shape index (κ1) is 46.5. The van der Waals surface area contributed by atoms with Crippen LogP contribution in [0.4, 0.5) is 11.4 Å². The molecule has 10 aromatic rings. The molecule has 0 fully saturated rings. The first-order chi connectivity index (χ1) is 36.4. The van der Waals surface area contributed by atoms with E-state index in [1.165, 1.54) is 9.80 Å². The third-order valence-electron chi connectivity index (χ3n) is 14.8. The number of carbonyl (C=O) groups is 4. The highest BCUT2D eigenvalue weighted by atomic mass is 16.2. The van der Waals surface area contributed by atoms with Gasteiger partial charge in [0, 0.05) is 5.56 Å². The molecule has 0 atom stereocenters. The van der Waals surface area contributed by atoms with E-state index >= 15 is 0 Å². The largest absolute Gasteiger partial charge is 0.268 e. The zero-order chi connectivity index (χ0) is 51.6. The molecule has 0 saturated heterocycles. The molecule has 2 aliphatic heterocycles. The number of fused-ring (bicyclic) bond motifs is 2. The third kappa shape index (κ3) is 8.27. The van der Waals surface area contributed by atoms with E-state index in [4.69, 9.17) is 0 Å². The molecule has 360 valence electrons.